The normalized spacial score (nSPS) is 10.0. The van der Waals surface area contributed by atoms with Crippen molar-refractivity contribution >= 4 is 5.69 Å². The quantitative estimate of drug-likeness (QED) is 0.735. The maximum absolute atomic E-state index is 9.55. The Morgan fingerprint density at radius 2 is 1.81 bits per heavy atom. The summed E-state index contributed by atoms with van der Waals surface area (Å²) < 4.78 is 0. The SMILES string of the molecule is Oc1cccc(O)c1CNc1cccnc1. The Balaban J connectivity index is 2.11. The summed E-state index contributed by atoms with van der Waals surface area (Å²) >= 11 is 0. The Labute approximate surface area is 93.2 Å². The summed E-state index contributed by atoms with van der Waals surface area (Å²) in [5.41, 5.74) is 1.32. The van der Waals surface area contributed by atoms with Crippen LogP contribution in [0.3, 0.4) is 0 Å². The van der Waals surface area contributed by atoms with E-state index in [4.69, 9.17) is 0 Å². The van der Waals surface area contributed by atoms with Crippen LogP contribution in [0.4, 0.5) is 5.69 Å². The molecule has 0 amide bonds. The van der Waals surface area contributed by atoms with Gasteiger partial charge in [0.25, 0.3) is 0 Å². The van der Waals surface area contributed by atoms with E-state index in [1.165, 1.54) is 0 Å². The van der Waals surface area contributed by atoms with Gasteiger partial charge in [-0.2, -0.15) is 0 Å². The fraction of sp³-hybridized carbons (Fsp3) is 0.0833. The summed E-state index contributed by atoms with van der Waals surface area (Å²) in [6.07, 6.45) is 3.36. The molecule has 3 N–H and O–H groups in total. The van der Waals surface area contributed by atoms with Crippen molar-refractivity contribution in [3.63, 3.8) is 0 Å². The molecule has 2 rings (SSSR count). The fourth-order valence-corrected chi connectivity index (χ4v) is 1.40. The number of benzene rings is 1. The molecule has 0 bridgehead atoms. The molecule has 0 unspecified atom stereocenters. The minimum absolute atomic E-state index is 0.0800. The van der Waals surface area contributed by atoms with Crippen LogP contribution in [-0.4, -0.2) is 15.2 Å². The molecule has 0 spiro atoms. The third-order valence-corrected chi connectivity index (χ3v) is 2.26. The average molecular weight is 216 g/mol. The third-order valence-electron chi connectivity index (χ3n) is 2.26. The first-order chi connectivity index (χ1) is 7.77. The summed E-state index contributed by atoms with van der Waals surface area (Å²) in [4.78, 5) is 3.95. The summed E-state index contributed by atoms with van der Waals surface area (Å²) in [7, 11) is 0. The van der Waals surface area contributed by atoms with Gasteiger partial charge in [0, 0.05) is 18.9 Å². The summed E-state index contributed by atoms with van der Waals surface area (Å²) in [5, 5.41) is 22.2. The maximum Gasteiger partial charge on any atom is 0.124 e. The highest BCUT2D eigenvalue weighted by Crippen LogP contribution is 2.26. The predicted octanol–water partition coefficient (Wildman–Crippen LogP) is 2.10. The molecule has 0 aliphatic heterocycles. The molecule has 1 heterocycles. The van der Waals surface area contributed by atoms with Gasteiger partial charge in [-0.15, -0.1) is 0 Å². The molecule has 4 nitrogen and oxygen atoms in total. The number of hydrogen-bond acceptors (Lipinski definition) is 4. The molecule has 0 aliphatic carbocycles. The highest BCUT2D eigenvalue weighted by Gasteiger charge is 2.05. The molecule has 16 heavy (non-hydrogen) atoms. The molecule has 0 radical (unpaired) electrons. The molecule has 2 aromatic rings. The van der Waals surface area contributed by atoms with Crippen molar-refractivity contribution in [3.05, 3.63) is 48.3 Å². The minimum atomic E-state index is 0.0800. The Bertz CT molecular complexity index is 451. The zero-order chi connectivity index (χ0) is 11.4. The first kappa shape index (κ1) is 10.3. The van der Waals surface area contributed by atoms with E-state index in [2.05, 4.69) is 10.3 Å². The van der Waals surface area contributed by atoms with Crippen molar-refractivity contribution in [2.24, 2.45) is 0 Å². The molecule has 1 aromatic heterocycles. The third kappa shape index (κ3) is 2.23. The number of aromatic nitrogens is 1. The lowest BCUT2D eigenvalue weighted by molar-refractivity contribution is 0.440. The van der Waals surface area contributed by atoms with E-state index in [0.29, 0.717) is 12.1 Å². The van der Waals surface area contributed by atoms with Gasteiger partial charge in [0.2, 0.25) is 0 Å². The zero-order valence-electron chi connectivity index (χ0n) is 8.59. The first-order valence-corrected chi connectivity index (χ1v) is 4.91. The number of hydrogen-bond donors (Lipinski definition) is 3. The second-order valence-corrected chi connectivity index (χ2v) is 3.37. The topological polar surface area (TPSA) is 65.4 Å². The van der Waals surface area contributed by atoms with Gasteiger partial charge in [-0.1, -0.05) is 6.07 Å². The predicted molar refractivity (Wildman–Crippen MR) is 61.3 cm³/mol. The zero-order valence-corrected chi connectivity index (χ0v) is 8.59. The summed E-state index contributed by atoms with van der Waals surface area (Å²) in [5.74, 6) is 0.160. The van der Waals surface area contributed by atoms with E-state index < -0.39 is 0 Å². The minimum Gasteiger partial charge on any atom is -0.507 e. The number of phenolic OH excluding ortho intramolecular Hbond substituents is 2. The lowest BCUT2D eigenvalue weighted by Gasteiger charge is -2.09. The van der Waals surface area contributed by atoms with Gasteiger partial charge in [0.1, 0.15) is 11.5 Å². The van der Waals surface area contributed by atoms with Gasteiger partial charge < -0.3 is 15.5 Å². The summed E-state index contributed by atoms with van der Waals surface area (Å²) in [6.45, 7) is 0.351. The number of pyridine rings is 1. The van der Waals surface area contributed by atoms with E-state index in [1.807, 2.05) is 12.1 Å². The number of nitrogens with one attached hydrogen (secondary N) is 1. The number of rotatable bonds is 3. The second kappa shape index (κ2) is 4.53. The molecule has 0 atom stereocenters. The number of nitrogens with zero attached hydrogens (tertiary/aromatic N) is 1. The molecule has 1 aromatic carbocycles. The van der Waals surface area contributed by atoms with Gasteiger partial charge in [-0.05, 0) is 24.3 Å². The number of aromatic hydroxyl groups is 2. The Hall–Kier alpha value is -2.23. The van der Waals surface area contributed by atoms with Crippen molar-refractivity contribution in [1.29, 1.82) is 0 Å². The van der Waals surface area contributed by atoms with Gasteiger partial charge in [0.15, 0.2) is 0 Å². The number of anilines is 1. The highest BCUT2D eigenvalue weighted by molar-refractivity contribution is 5.47. The summed E-state index contributed by atoms with van der Waals surface area (Å²) in [6, 6.07) is 8.36. The van der Waals surface area contributed by atoms with E-state index in [-0.39, 0.29) is 11.5 Å². The van der Waals surface area contributed by atoms with Crippen LogP contribution in [0.5, 0.6) is 11.5 Å². The standard InChI is InChI=1S/C12H12N2O2/c15-11-4-1-5-12(16)10(11)8-14-9-3-2-6-13-7-9/h1-7,14-16H,8H2. The van der Waals surface area contributed by atoms with Crippen LogP contribution < -0.4 is 5.32 Å². The van der Waals surface area contributed by atoms with Crippen molar-refractivity contribution in [3.8, 4) is 11.5 Å². The van der Waals surface area contributed by atoms with Gasteiger partial charge in [-0.25, -0.2) is 0 Å². The molecular formula is C12H12N2O2. The van der Waals surface area contributed by atoms with Gasteiger partial charge >= 0.3 is 0 Å². The maximum atomic E-state index is 9.55. The average Bonchev–Trinajstić information content (AvgIpc) is 2.30. The van der Waals surface area contributed by atoms with Crippen LogP contribution in [0.2, 0.25) is 0 Å². The van der Waals surface area contributed by atoms with Crippen molar-refractivity contribution in [2.45, 2.75) is 6.54 Å². The fourth-order valence-electron chi connectivity index (χ4n) is 1.40. The van der Waals surface area contributed by atoms with E-state index >= 15 is 0 Å². The van der Waals surface area contributed by atoms with Crippen LogP contribution in [0.1, 0.15) is 5.56 Å². The largest absolute Gasteiger partial charge is 0.507 e. The van der Waals surface area contributed by atoms with E-state index in [9.17, 15) is 10.2 Å². The Morgan fingerprint density at radius 3 is 2.44 bits per heavy atom. The van der Waals surface area contributed by atoms with Crippen LogP contribution in [-0.2, 0) is 6.54 Å². The van der Waals surface area contributed by atoms with Crippen LogP contribution in [0, 0.1) is 0 Å². The Morgan fingerprint density at radius 1 is 1.06 bits per heavy atom. The van der Waals surface area contributed by atoms with E-state index in [1.54, 1.807) is 30.6 Å². The van der Waals surface area contributed by atoms with Crippen molar-refractivity contribution in [2.75, 3.05) is 5.32 Å². The molecule has 0 fully saturated rings. The monoisotopic (exact) mass is 216 g/mol. The van der Waals surface area contributed by atoms with Gasteiger partial charge in [-0.3, -0.25) is 4.98 Å². The molecular weight excluding hydrogens is 204 g/mol. The molecule has 0 saturated heterocycles. The molecule has 82 valence electrons. The smallest absolute Gasteiger partial charge is 0.124 e. The molecule has 4 heteroatoms. The van der Waals surface area contributed by atoms with E-state index in [0.717, 1.165) is 5.69 Å². The second-order valence-electron chi connectivity index (χ2n) is 3.37. The molecule has 0 aliphatic rings. The highest BCUT2D eigenvalue weighted by atomic mass is 16.3. The van der Waals surface area contributed by atoms with Crippen molar-refractivity contribution in [1.82, 2.24) is 4.98 Å². The van der Waals surface area contributed by atoms with Crippen molar-refractivity contribution < 1.29 is 10.2 Å². The lowest BCUT2D eigenvalue weighted by Crippen LogP contribution is -2.00. The molecule has 0 saturated carbocycles. The lowest BCUT2D eigenvalue weighted by atomic mass is 10.1. The Kier molecular flexibility index (Phi) is 2.91. The van der Waals surface area contributed by atoms with Crippen LogP contribution in [0.15, 0.2) is 42.7 Å². The number of phenols is 2. The van der Waals surface area contributed by atoms with Gasteiger partial charge in [0.05, 0.1) is 11.3 Å². The first-order valence-electron chi connectivity index (χ1n) is 4.91. The van der Waals surface area contributed by atoms with Crippen LogP contribution in [0.25, 0.3) is 0 Å². The van der Waals surface area contributed by atoms with Crippen LogP contribution >= 0.6 is 0 Å².